The fraction of sp³-hybridized carbons (Fsp3) is 0.364. The summed E-state index contributed by atoms with van der Waals surface area (Å²) in [6, 6.07) is 2.87. The van der Waals surface area contributed by atoms with Crippen LogP contribution in [0.5, 0.6) is 0 Å². The van der Waals surface area contributed by atoms with Crippen LogP contribution >= 0.6 is 27.5 Å². The fourth-order valence-electron chi connectivity index (χ4n) is 2.11. The first-order valence-electron chi connectivity index (χ1n) is 5.58. The molecule has 2 rings (SSSR count). The van der Waals surface area contributed by atoms with Gasteiger partial charge in [-0.3, -0.25) is 14.9 Å². The number of nitro benzene ring substituents is 1. The molecule has 1 aromatic carbocycles. The van der Waals surface area contributed by atoms with Crippen LogP contribution in [0.4, 0.5) is 11.4 Å². The van der Waals surface area contributed by atoms with Gasteiger partial charge >= 0.3 is 0 Å². The molecular weight excluding hydrogens is 337 g/mol. The summed E-state index contributed by atoms with van der Waals surface area (Å²) in [6.07, 6.45) is 0.292. The normalized spacial score (nSPS) is 19.0. The van der Waals surface area contributed by atoms with Crippen LogP contribution in [0.2, 0.25) is 5.02 Å². The predicted molar refractivity (Wildman–Crippen MR) is 75.3 cm³/mol. The van der Waals surface area contributed by atoms with Gasteiger partial charge in [0.05, 0.1) is 9.95 Å². The van der Waals surface area contributed by atoms with Crippen LogP contribution in [0.25, 0.3) is 0 Å². The van der Waals surface area contributed by atoms with Crippen LogP contribution in [-0.4, -0.2) is 23.9 Å². The number of nitrogens with two attached hydrogens (primary N) is 1. The van der Waals surface area contributed by atoms with E-state index in [-0.39, 0.29) is 28.2 Å². The molecule has 102 valence electrons. The molecule has 1 unspecified atom stereocenters. The number of hydrogen-bond donors (Lipinski definition) is 1. The van der Waals surface area contributed by atoms with Gasteiger partial charge < -0.3 is 10.6 Å². The van der Waals surface area contributed by atoms with Gasteiger partial charge in [0.15, 0.2) is 0 Å². The summed E-state index contributed by atoms with van der Waals surface area (Å²) in [6.45, 7) is 0.724. The lowest BCUT2D eigenvalue weighted by atomic mass is 10.1. The van der Waals surface area contributed by atoms with E-state index in [1.54, 1.807) is 0 Å². The quantitative estimate of drug-likeness (QED) is 0.670. The Hall–Kier alpha value is -1.18. The maximum atomic E-state index is 11.9. The molecule has 19 heavy (non-hydrogen) atoms. The minimum Gasteiger partial charge on any atom is -0.330 e. The highest BCUT2D eigenvalue weighted by atomic mass is 79.9. The van der Waals surface area contributed by atoms with Gasteiger partial charge in [-0.05, 0) is 18.5 Å². The molecular formula is C11H11BrClN3O3. The van der Waals surface area contributed by atoms with Crippen molar-refractivity contribution in [1.82, 2.24) is 0 Å². The smallest absolute Gasteiger partial charge is 0.295 e. The predicted octanol–water partition coefficient (Wildman–Crippen LogP) is 2.32. The first kappa shape index (κ1) is 14.2. The van der Waals surface area contributed by atoms with Gasteiger partial charge in [-0.15, -0.1) is 0 Å². The van der Waals surface area contributed by atoms with E-state index in [4.69, 9.17) is 17.3 Å². The number of nitrogens with zero attached hydrogens (tertiary/aromatic N) is 2. The van der Waals surface area contributed by atoms with Crippen LogP contribution in [0.15, 0.2) is 16.6 Å². The number of nitro groups is 1. The number of rotatable bonds is 3. The van der Waals surface area contributed by atoms with Crippen molar-refractivity contribution in [3.05, 3.63) is 31.7 Å². The lowest BCUT2D eigenvalue weighted by molar-refractivity contribution is -0.384. The van der Waals surface area contributed by atoms with E-state index >= 15 is 0 Å². The molecule has 0 aliphatic carbocycles. The Morgan fingerprint density at radius 2 is 2.26 bits per heavy atom. The second-order valence-corrected chi connectivity index (χ2v) is 5.65. The van der Waals surface area contributed by atoms with E-state index in [0.717, 1.165) is 0 Å². The number of hydrogen-bond acceptors (Lipinski definition) is 4. The van der Waals surface area contributed by atoms with Crippen molar-refractivity contribution in [1.29, 1.82) is 0 Å². The Morgan fingerprint density at radius 1 is 1.58 bits per heavy atom. The zero-order valence-corrected chi connectivity index (χ0v) is 12.1. The number of amides is 1. The second kappa shape index (κ2) is 5.44. The van der Waals surface area contributed by atoms with E-state index in [0.29, 0.717) is 24.0 Å². The third kappa shape index (κ3) is 2.72. The van der Waals surface area contributed by atoms with E-state index in [1.807, 2.05) is 0 Å². The van der Waals surface area contributed by atoms with Gasteiger partial charge in [-0.2, -0.15) is 0 Å². The molecule has 1 aliphatic rings. The van der Waals surface area contributed by atoms with Crippen molar-refractivity contribution in [2.24, 2.45) is 11.7 Å². The zero-order valence-electron chi connectivity index (χ0n) is 9.81. The van der Waals surface area contributed by atoms with E-state index < -0.39 is 4.92 Å². The molecule has 6 nitrogen and oxygen atoms in total. The van der Waals surface area contributed by atoms with Crippen LogP contribution < -0.4 is 10.6 Å². The Bertz CT molecular complexity index is 552. The fourth-order valence-corrected chi connectivity index (χ4v) is 3.01. The minimum atomic E-state index is -0.547. The molecule has 0 spiro atoms. The van der Waals surface area contributed by atoms with Crippen molar-refractivity contribution in [2.75, 3.05) is 18.0 Å². The molecule has 1 aromatic rings. The van der Waals surface area contributed by atoms with Gasteiger partial charge in [0, 0.05) is 23.5 Å². The second-order valence-electron chi connectivity index (χ2n) is 4.32. The lowest BCUT2D eigenvalue weighted by Gasteiger charge is -2.18. The molecule has 1 aliphatic heterocycles. The van der Waals surface area contributed by atoms with Gasteiger partial charge in [0.1, 0.15) is 5.69 Å². The van der Waals surface area contributed by atoms with Crippen molar-refractivity contribution < 1.29 is 9.72 Å². The number of carbonyl (C=O) groups excluding carboxylic acids is 1. The standard InChI is InChI=1S/C11H11BrClN3O3/c12-7-2-8(13)11(9(3-7)16(18)19)15-5-6(4-14)1-10(15)17/h2-3,6H,1,4-5,14H2. The van der Waals surface area contributed by atoms with Crippen molar-refractivity contribution >= 4 is 44.8 Å². The Morgan fingerprint density at radius 3 is 2.79 bits per heavy atom. The number of anilines is 1. The monoisotopic (exact) mass is 347 g/mol. The highest BCUT2D eigenvalue weighted by molar-refractivity contribution is 9.10. The lowest BCUT2D eigenvalue weighted by Crippen LogP contribution is -2.26. The van der Waals surface area contributed by atoms with E-state index in [1.165, 1.54) is 17.0 Å². The van der Waals surface area contributed by atoms with Gasteiger partial charge in [-0.1, -0.05) is 27.5 Å². The highest BCUT2D eigenvalue weighted by Crippen LogP contribution is 2.40. The average molecular weight is 349 g/mol. The van der Waals surface area contributed by atoms with Crippen LogP contribution in [0, 0.1) is 16.0 Å². The topological polar surface area (TPSA) is 89.5 Å². The molecule has 1 heterocycles. The molecule has 1 amide bonds. The first-order chi connectivity index (χ1) is 8.93. The molecule has 8 heteroatoms. The largest absolute Gasteiger partial charge is 0.330 e. The summed E-state index contributed by atoms with van der Waals surface area (Å²) in [5.74, 6) is -0.186. The maximum Gasteiger partial charge on any atom is 0.295 e. The van der Waals surface area contributed by atoms with Crippen LogP contribution in [0.1, 0.15) is 6.42 Å². The zero-order chi connectivity index (χ0) is 14.2. The molecule has 0 bridgehead atoms. The molecule has 1 atom stereocenters. The SMILES string of the molecule is NCC1CC(=O)N(c2c(Cl)cc(Br)cc2[N+](=O)[O-])C1. The van der Waals surface area contributed by atoms with Crippen molar-refractivity contribution in [3.8, 4) is 0 Å². The maximum absolute atomic E-state index is 11.9. The molecule has 2 N–H and O–H groups in total. The minimum absolute atomic E-state index is 0.00631. The van der Waals surface area contributed by atoms with E-state index in [2.05, 4.69) is 15.9 Å². The summed E-state index contributed by atoms with van der Waals surface area (Å²) in [5.41, 5.74) is 5.50. The highest BCUT2D eigenvalue weighted by Gasteiger charge is 2.35. The summed E-state index contributed by atoms with van der Waals surface area (Å²) in [5, 5.41) is 11.3. The van der Waals surface area contributed by atoms with Crippen LogP contribution in [0.3, 0.4) is 0 Å². The number of carbonyl (C=O) groups is 1. The van der Waals surface area contributed by atoms with Gasteiger partial charge in [-0.25, -0.2) is 0 Å². The van der Waals surface area contributed by atoms with Gasteiger partial charge in [0.25, 0.3) is 5.69 Å². The first-order valence-corrected chi connectivity index (χ1v) is 6.75. The summed E-state index contributed by atoms with van der Waals surface area (Å²) < 4.78 is 0.495. The summed E-state index contributed by atoms with van der Waals surface area (Å²) >= 11 is 9.21. The van der Waals surface area contributed by atoms with Crippen molar-refractivity contribution in [3.63, 3.8) is 0 Å². The third-order valence-electron chi connectivity index (χ3n) is 3.01. The molecule has 0 aromatic heterocycles. The third-order valence-corrected chi connectivity index (χ3v) is 3.76. The molecule has 0 saturated carbocycles. The van der Waals surface area contributed by atoms with Gasteiger partial charge in [0.2, 0.25) is 5.91 Å². The Labute approximate surface area is 122 Å². The Balaban J connectivity index is 2.50. The van der Waals surface area contributed by atoms with Crippen molar-refractivity contribution in [2.45, 2.75) is 6.42 Å². The average Bonchev–Trinajstić information content (AvgIpc) is 2.69. The van der Waals surface area contributed by atoms with E-state index in [9.17, 15) is 14.9 Å². The summed E-state index contributed by atoms with van der Waals surface area (Å²) in [7, 11) is 0. The molecule has 1 saturated heterocycles. The molecule has 1 fully saturated rings. The summed E-state index contributed by atoms with van der Waals surface area (Å²) in [4.78, 5) is 23.8. The van der Waals surface area contributed by atoms with Crippen LogP contribution in [-0.2, 0) is 4.79 Å². The molecule has 0 radical (unpaired) electrons. The Kier molecular flexibility index (Phi) is 4.07. The number of benzene rings is 1. The number of halogens is 2.